The molecule has 1 amide bonds. The molecule has 0 spiro atoms. The van der Waals surface area contributed by atoms with Gasteiger partial charge in [-0.05, 0) is 79.0 Å². The third-order valence-electron chi connectivity index (χ3n) is 10.7. The monoisotopic (exact) mass is 855 g/mol. The Labute approximate surface area is 348 Å². The first-order valence-corrected chi connectivity index (χ1v) is 19.7. The van der Waals surface area contributed by atoms with Gasteiger partial charge in [-0.25, -0.2) is 18.6 Å². The van der Waals surface area contributed by atoms with Crippen molar-refractivity contribution in [2.24, 2.45) is 0 Å². The summed E-state index contributed by atoms with van der Waals surface area (Å²) in [5.41, 5.74) is 0.418. The standard InChI is InChI=1S/C42H43ClF5N7O5/c1-58-29-9-5-26(6-10-29)22-55(23-27-7-11-30(59-2)12-8-27)37-14-13-33(42(46,47)48)38(50-37)31-21-35-32(20-34(31)43)39(52-16-18-53(19-17-52)41(56)57)51-40(49-35)60-25-28-4-3-15-54(28)24-36(44)45/h5-14,20-21,28,36H,3-4,15-19,22-25H2,1-2H3,(H,56,57). The number of ether oxygens (including phenoxy) is 3. The van der Waals surface area contributed by atoms with Crippen LogP contribution >= 0.6 is 11.6 Å². The number of likely N-dealkylation sites (tertiary alicyclic amines) is 1. The predicted molar refractivity (Wildman–Crippen MR) is 217 cm³/mol. The maximum Gasteiger partial charge on any atom is 0.418 e. The summed E-state index contributed by atoms with van der Waals surface area (Å²) in [6, 6.07) is 19.5. The van der Waals surface area contributed by atoms with Gasteiger partial charge < -0.3 is 34.0 Å². The molecule has 60 heavy (non-hydrogen) atoms. The molecule has 2 fully saturated rings. The fourth-order valence-corrected chi connectivity index (χ4v) is 7.81. The molecule has 1 atom stereocenters. The molecule has 1 N–H and O–H groups in total. The summed E-state index contributed by atoms with van der Waals surface area (Å²) in [7, 11) is 3.12. The van der Waals surface area contributed by atoms with Crippen LogP contribution in [-0.2, 0) is 19.3 Å². The van der Waals surface area contributed by atoms with Crippen LogP contribution in [0.15, 0.2) is 72.8 Å². The average molecular weight is 856 g/mol. The molecule has 0 radical (unpaired) electrons. The molecule has 2 saturated heterocycles. The van der Waals surface area contributed by atoms with Crippen molar-refractivity contribution in [2.45, 2.75) is 44.6 Å². The Hall–Kier alpha value is -5.68. The summed E-state index contributed by atoms with van der Waals surface area (Å²) >= 11 is 6.93. The SMILES string of the molecule is COc1ccc(CN(Cc2ccc(OC)cc2)c2ccc(C(F)(F)F)c(-c3cc4nc(OCC5CCCN5CC(F)F)nc(N5CCN(C(=O)O)CC5)c4cc3Cl)n2)cc1. The Kier molecular flexibility index (Phi) is 12.9. The van der Waals surface area contributed by atoms with Gasteiger partial charge in [-0.2, -0.15) is 23.1 Å². The fraction of sp³-hybridized carbons (Fsp3) is 0.381. The molecular formula is C42H43ClF5N7O5. The number of methoxy groups -OCH3 is 2. The lowest BCUT2D eigenvalue weighted by Gasteiger charge is -2.34. The Morgan fingerprint density at radius 1 is 0.883 bits per heavy atom. The van der Waals surface area contributed by atoms with Gasteiger partial charge in [0.15, 0.2) is 0 Å². The molecular weight excluding hydrogens is 813 g/mol. The molecule has 1 unspecified atom stereocenters. The Morgan fingerprint density at radius 3 is 2.08 bits per heavy atom. The molecule has 0 bridgehead atoms. The van der Waals surface area contributed by atoms with Crippen LogP contribution < -0.4 is 24.0 Å². The summed E-state index contributed by atoms with van der Waals surface area (Å²) in [4.78, 5) is 32.2. The normalized spacial score (nSPS) is 16.1. The maximum absolute atomic E-state index is 14.9. The number of pyridine rings is 1. The molecule has 2 aliphatic rings. The predicted octanol–water partition coefficient (Wildman–Crippen LogP) is 8.50. The van der Waals surface area contributed by atoms with Crippen LogP contribution in [0.4, 0.5) is 38.4 Å². The molecule has 0 aliphatic carbocycles. The van der Waals surface area contributed by atoms with E-state index in [-0.39, 0.29) is 79.8 Å². The molecule has 4 heterocycles. The summed E-state index contributed by atoms with van der Waals surface area (Å²) in [5.74, 6) is 1.88. The minimum absolute atomic E-state index is 0.00491. The molecule has 0 saturated carbocycles. The molecule has 318 valence electrons. The number of carboxylic acid groups (broad SMARTS) is 1. The second kappa shape index (κ2) is 18.3. The molecule has 12 nitrogen and oxygen atoms in total. The van der Waals surface area contributed by atoms with E-state index in [0.29, 0.717) is 42.1 Å². The lowest BCUT2D eigenvalue weighted by atomic mass is 10.0. The van der Waals surface area contributed by atoms with Crippen LogP contribution in [0.1, 0.15) is 29.5 Å². The van der Waals surface area contributed by atoms with Crippen molar-refractivity contribution >= 4 is 40.2 Å². The average Bonchev–Trinajstić information content (AvgIpc) is 3.68. The second-order valence-electron chi connectivity index (χ2n) is 14.5. The lowest BCUT2D eigenvalue weighted by Crippen LogP contribution is -2.48. The van der Waals surface area contributed by atoms with Crippen LogP contribution in [-0.4, -0.2) is 109 Å². The number of alkyl halides is 5. The number of carbonyl (C=O) groups is 1. The minimum Gasteiger partial charge on any atom is -0.497 e. The smallest absolute Gasteiger partial charge is 0.418 e. The Balaban J connectivity index is 1.31. The third kappa shape index (κ3) is 9.84. The lowest BCUT2D eigenvalue weighted by molar-refractivity contribution is -0.137. The van der Waals surface area contributed by atoms with Gasteiger partial charge in [0.2, 0.25) is 0 Å². The van der Waals surface area contributed by atoms with Crippen molar-refractivity contribution in [1.29, 1.82) is 0 Å². The van der Waals surface area contributed by atoms with Gasteiger partial charge in [-0.3, -0.25) is 4.90 Å². The Morgan fingerprint density at radius 2 is 1.52 bits per heavy atom. The van der Waals surface area contributed by atoms with E-state index < -0.39 is 36.5 Å². The Bertz CT molecular complexity index is 2230. The fourth-order valence-electron chi connectivity index (χ4n) is 7.56. The molecule has 2 aromatic heterocycles. The number of piperazine rings is 1. The van der Waals surface area contributed by atoms with E-state index >= 15 is 0 Å². The summed E-state index contributed by atoms with van der Waals surface area (Å²) < 4.78 is 88.0. The minimum atomic E-state index is -4.82. The molecule has 5 aromatic rings. The van der Waals surface area contributed by atoms with Gasteiger partial charge in [0.1, 0.15) is 29.7 Å². The third-order valence-corrected chi connectivity index (χ3v) is 11.0. The van der Waals surface area contributed by atoms with Crippen molar-refractivity contribution in [3.05, 3.63) is 94.5 Å². The first kappa shape index (κ1) is 42.4. The first-order chi connectivity index (χ1) is 28.8. The number of amides is 1. The number of anilines is 2. The van der Waals surface area contributed by atoms with E-state index in [2.05, 4.69) is 15.0 Å². The van der Waals surface area contributed by atoms with Crippen molar-refractivity contribution in [1.82, 2.24) is 24.8 Å². The van der Waals surface area contributed by atoms with Gasteiger partial charge in [0.05, 0.1) is 42.6 Å². The number of benzene rings is 3. The first-order valence-electron chi connectivity index (χ1n) is 19.3. The van der Waals surface area contributed by atoms with Crippen LogP contribution in [0.5, 0.6) is 17.5 Å². The molecule has 7 rings (SSSR count). The highest BCUT2D eigenvalue weighted by atomic mass is 35.5. The zero-order chi connectivity index (χ0) is 42.6. The van der Waals surface area contributed by atoms with E-state index in [4.69, 9.17) is 25.8 Å². The van der Waals surface area contributed by atoms with E-state index in [0.717, 1.165) is 17.2 Å². The highest BCUT2D eigenvalue weighted by Gasteiger charge is 2.36. The van der Waals surface area contributed by atoms with Crippen molar-refractivity contribution in [2.75, 3.05) is 69.9 Å². The van der Waals surface area contributed by atoms with E-state index in [9.17, 15) is 31.9 Å². The zero-order valence-corrected chi connectivity index (χ0v) is 33.6. The van der Waals surface area contributed by atoms with Crippen molar-refractivity contribution in [3.63, 3.8) is 0 Å². The van der Waals surface area contributed by atoms with Gasteiger partial charge in [-0.1, -0.05) is 35.9 Å². The van der Waals surface area contributed by atoms with Gasteiger partial charge in [0, 0.05) is 56.3 Å². The zero-order valence-electron chi connectivity index (χ0n) is 32.8. The summed E-state index contributed by atoms with van der Waals surface area (Å²) in [5, 5.41) is 9.89. The van der Waals surface area contributed by atoms with E-state index in [1.54, 1.807) is 43.4 Å². The summed E-state index contributed by atoms with van der Waals surface area (Å²) in [6.07, 6.45) is -7.07. The van der Waals surface area contributed by atoms with Crippen LogP contribution in [0.2, 0.25) is 5.02 Å². The topological polar surface area (TPSA) is 117 Å². The number of nitrogens with zero attached hydrogens (tertiary/aromatic N) is 7. The number of fused-ring (bicyclic) bond motifs is 1. The van der Waals surface area contributed by atoms with Gasteiger partial charge in [-0.15, -0.1) is 0 Å². The maximum atomic E-state index is 14.9. The van der Waals surface area contributed by atoms with Crippen molar-refractivity contribution < 1.29 is 46.1 Å². The van der Waals surface area contributed by atoms with E-state index in [1.807, 2.05) is 34.1 Å². The van der Waals surface area contributed by atoms with Crippen LogP contribution in [0.3, 0.4) is 0 Å². The summed E-state index contributed by atoms with van der Waals surface area (Å²) in [6.45, 7) is 1.49. The number of halogens is 6. The number of rotatable bonds is 14. The molecule has 18 heteroatoms. The van der Waals surface area contributed by atoms with Crippen LogP contribution in [0.25, 0.3) is 22.2 Å². The number of aromatic nitrogens is 3. The second-order valence-corrected chi connectivity index (χ2v) is 15.0. The van der Waals surface area contributed by atoms with Gasteiger partial charge >= 0.3 is 18.3 Å². The largest absolute Gasteiger partial charge is 0.497 e. The van der Waals surface area contributed by atoms with Gasteiger partial charge in [0.25, 0.3) is 6.43 Å². The quantitative estimate of drug-likeness (QED) is 0.108. The molecule has 2 aliphatic heterocycles. The highest BCUT2D eigenvalue weighted by molar-refractivity contribution is 6.34. The van der Waals surface area contributed by atoms with E-state index in [1.165, 1.54) is 23.1 Å². The highest BCUT2D eigenvalue weighted by Crippen LogP contribution is 2.42. The van der Waals surface area contributed by atoms with Crippen LogP contribution in [0, 0.1) is 0 Å². The number of hydrogen-bond donors (Lipinski definition) is 1. The number of hydrogen-bond acceptors (Lipinski definition) is 10. The molecule has 3 aromatic carbocycles. The van der Waals surface area contributed by atoms with Crippen molar-refractivity contribution in [3.8, 4) is 28.8 Å².